The van der Waals surface area contributed by atoms with Crippen molar-refractivity contribution >= 4 is 11.6 Å². The van der Waals surface area contributed by atoms with Crippen molar-refractivity contribution in [1.29, 1.82) is 0 Å². The Morgan fingerprint density at radius 1 is 2.00 bits per heavy atom. The van der Waals surface area contributed by atoms with Gasteiger partial charge in [0.25, 0.3) is 0 Å². The van der Waals surface area contributed by atoms with Crippen LogP contribution in [0.3, 0.4) is 0 Å². The lowest BCUT2D eigenvalue weighted by Crippen LogP contribution is -2.13. The molecule has 0 rings (SSSR count). The molecule has 0 radical (unpaired) electrons. The summed E-state index contributed by atoms with van der Waals surface area (Å²) in [4.78, 5) is 0. The van der Waals surface area contributed by atoms with E-state index >= 15 is 0 Å². The van der Waals surface area contributed by atoms with Gasteiger partial charge in [0.15, 0.2) is 0 Å². The van der Waals surface area contributed by atoms with E-state index in [4.69, 9.17) is 17.3 Å². The first-order valence-corrected chi connectivity index (χ1v) is 2.12. The Kier molecular flexibility index (Phi) is 2.21. The third-order valence-corrected chi connectivity index (χ3v) is 0.838. The summed E-state index contributed by atoms with van der Waals surface area (Å²) >= 11 is 5.29. The van der Waals surface area contributed by atoms with Gasteiger partial charge in [0, 0.05) is 11.1 Å². The maximum absolute atomic E-state index is 5.29. The Bertz CT molecular complexity index is 58.6. The first-order chi connectivity index (χ1) is 2.64. The summed E-state index contributed by atoms with van der Waals surface area (Å²) in [5.74, 6) is 0. The number of halogens is 1. The summed E-state index contributed by atoms with van der Waals surface area (Å²) in [6, 6.07) is -0.0772. The molecule has 0 aromatic rings. The fraction of sp³-hybridized carbons (Fsp3) is 0.500. The molecule has 0 saturated heterocycles. The largest absolute Gasteiger partial charge is 0.323 e. The van der Waals surface area contributed by atoms with E-state index in [2.05, 4.69) is 6.58 Å². The second-order valence-corrected chi connectivity index (χ2v) is 1.72. The van der Waals surface area contributed by atoms with Crippen molar-refractivity contribution in [3.63, 3.8) is 0 Å². The van der Waals surface area contributed by atoms with Gasteiger partial charge in [-0.25, -0.2) is 0 Å². The number of nitrogens with two attached hydrogens (primary N) is 1. The standard InChI is InChI=1S/C4H8ClN/c1-3(5)4(2)6/h4H,1,6H2,2H3/t4-/m1/s1. The summed E-state index contributed by atoms with van der Waals surface area (Å²) in [7, 11) is 0. The van der Waals surface area contributed by atoms with Crippen molar-refractivity contribution in [3.8, 4) is 0 Å². The van der Waals surface area contributed by atoms with Crippen LogP contribution in [-0.2, 0) is 0 Å². The van der Waals surface area contributed by atoms with Crippen molar-refractivity contribution in [3.05, 3.63) is 11.6 Å². The van der Waals surface area contributed by atoms with Crippen LogP contribution in [0.5, 0.6) is 0 Å². The molecule has 1 nitrogen and oxygen atoms in total. The molecule has 0 aliphatic heterocycles. The molecule has 0 bridgehead atoms. The van der Waals surface area contributed by atoms with Crippen LogP contribution in [0.4, 0.5) is 0 Å². The van der Waals surface area contributed by atoms with Crippen LogP contribution in [0.25, 0.3) is 0 Å². The summed E-state index contributed by atoms with van der Waals surface area (Å²) < 4.78 is 0. The van der Waals surface area contributed by atoms with Crippen LogP contribution < -0.4 is 5.73 Å². The van der Waals surface area contributed by atoms with Crippen molar-refractivity contribution in [2.75, 3.05) is 0 Å². The van der Waals surface area contributed by atoms with E-state index in [-0.39, 0.29) is 6.04 Å². The van der Waals surface area contributed by atoms with E-state index in [1.807, 2.05) is 0 Å². The molecule has 0 aromatic heterocycles. The average Bonchev–Trinajstić information content (AvgIpc) is 1.36. The molecule has 0 saturated carbocycles. The van der Waals surface area contributed by atoms with Crippen molar-refractivity contribution in [2.45, 2.75) is 13.0 Å². The smallest absolute Gasteiger partial charge is 0.0368 e. The van der Waals surface area contributed by atoms with Gasteiger partial charge in [-0.15, -0.1) is 0 Å². The minimum atomic E-state index is -0.0772. The summed E-state index contributed by atoms with van der Waals surface area (Å²) in [5.41, 5.74) is 5.20. The zero-order chi connectivity index (χ0) is 5.15. The Morgan fingerprint density at radius 2 is 2.17 bits per heavy atom. The molecule has 6 heavy (non-hydrogen) atoms. The highest BCUT2D eigenvalue weighted by molar-refractivity contribution is 6.29. The first-order valence-electron chi connectivity index (χ1n) is 1.74. The summed E-state index contributed by atoms with van der Waals surface area (Å²) in [6.07, 6.45) is 0. The minimum absolute atomic E-state index is 0.0772. The molecule has 2 N–H and O–H groups in total. The molecule has 0 amide bonds. The van der Waals surface area contributed by atoms with Gasteiger partial charge in [-0.2, -0.15) is 0 Å². The molecule has 1 atom stereocenters. The fourth-order valence-corrected chi connectivity index (χ4v) is 0. The van der Waals surface area contributed by atoms with E-state index < -0.39 is 0 Å². The second kappa shape index (κ2) is 2.21. The molecule has 0 heterocycles. The predicted molar refractivity (Wildman–Crippen MR) is 28.6 cm³/mol. The lowest BCUT2D eigenvalue weighted by atomic mass is 10.4. The average molecular weight is 106 g/mol. The van der Waals surface area contributed by atoms with Gasteiger partial charge in [0.1, 0.15) is 0 Å². The Morgan fingerprint density at radius 3 is 2.17 bits per heavy atom. The highest BCUT2D eigenvalue weighted by Gasteiger charge is 1.90. The molecule has 0 aliphatic rings. The molecule has 0 fully saturated rings. The second-order valence-electron chi connectivity index (χ2n) is 1.24. The topological polar surface area (TPSA) is 26.0 Å². The Balaban J connectivity index is 3.26. The van der Waals surface area contributed by atoms with Crippen molar-refractivity contribution < 1.29 is 0 Å². The number of rotatable bonds is 1. The maximum atomic E-state index is 5.29. The monoisotopic (exact) mass is 105 g/mol. The SMILES string of the molecule is C=C(Cl)[C@@H](C)N. The third kappa shape index (κ3) is 2.24. The highest BCUT2D eigenvalue weighted by Crippen LogP contribution is 1.98. The van der Waals surface area contributed by atoms with E-state index in [0.717, 1.165) is 0 Å². The van der Waals surface area contributed by atoms with Gasteiger partial charge >= 0.3 is 0 Å². The van der Waals surface area contributed by atoms with Crippen LogP contribution in [0, 0.1) is 0 Å². The van der Waals surface area contributed by atoms with Crippen LogP contribution >= 0.6 is 11.6 Å². The Hall–Kier alpha value is -0.0100. The molecular weight excluding hydrogens is 97.5 g/mol. The van der Waals surface area contributed by atoms with Gasteiger partial charge in [-0.1, -0.05) is 18.2 Å². The summed E-state index contributed by atoms with van der Waals surface area (Å²) in [5, 5.41) is 0.509. The minimum Gasteiger partial charge on any atom is -0.323 e. The quantitative estimate of drug-likeness (QED) is 0.531. The predicted octanol–water partition coefficient (Wildman–Crippen LogP) is 1.09. The molecule has 0 unspecified atom stereocenters. The molecule has 2 heteroatoms. The van der Waals surface area contributed by atoms with Crippen LogP contribution in [0.1, 0.15) is 6.92 Å². The zero-order valence-electron chi connectivity index (χ0n) is 3.74. The molecule has 0 spiro atoms. The molecule has 0 aromatic carbocycles. The van der Waals surface area contributed by atoms with E-state index in [1.165, 1.54) is 0 Å². The molecular formula is C4H8ClN. The third-order valence-electron chi connectivity index (χ3n) is 0.494. The van der Waals surface area contributed by atoms with Crippen LogP contribution in [0.2, 0.25) is 0 Å². The molecule has 0 aliphatic carbocycles. The lowest BCUT2D eigenvalue weighted by molar-refractivity contribution is 0.911. The van der Waals surface area contributed by atoms with E-state index in [1.54, 1.807) is 6.92 Å². The van der Waals surface area contributed by atoms with Gasteiger partial charge in [-0.05, 0) is 6.92 Å². The van der Waals surface area contributed by atoms with Crippen LogP contribution in [-0.4, -0.2) is 6.04 Å². The van der Waals surface area contributed by atoms with Gasteiger partial charge < -0.3 is 5.73 Å². The van der Waals surface area contributed by atoms with E-state index in [0.29, 0.717) is 5.03 Å². The van der Waals surface area contributed by atoms with E-state index in [9.17, 15) is 0 Å². The summed E-state index contributed by atoms with van der Waals surface area (Å²) in [6.45, 7) is 5.18. The van der Waals surface area contributed by atoms with Gasteiger partial charge in [-0.3, -0.25) is 0 Å². The van der Waals surface area contributed by atoms with Crippen LogP contribution in [0.15, 0.2) is 11.6 Å². The van der Waals surface area contributed by atoms with Gasteiger partial charge in [0.05, 0.1) is 0 Å². The van der Waals surface area contributed by atoms with Gasteiger partial charge in [0.2, 0.25) is 0 Å². The van der Waals surface area contributed by atoms with Crippen molar-refractivity contribution in [2.24, 2.45) is 5.73 Å². The number of hydrogen-bond donors (Lipinski definition) is 1. The normalized spacial score (nSPS) is 13.8. The number of hydrogen-bond acceptors (Lipinski definition) is 1. The molecule has 36 valence electrons. The lowest BCUT2D eigenvalue weighted by Gasteiger charge is -1.95. The van der Waals surface area contributed by atoms with Crippen molar-refractivity contribution in [1.82, 2.24) is 0 Å². The first kappa shape index (κ1) is 5.99. The fourth-order valence-electron chi connectivity index (χ4n) is 0. The Labute approximate surface area is 42.8 Å². The zero-order valence-corrected chi connectivity index (χ0v) is 4.50. The highest BCUT2D eigenvalue weighted by atomic mass is 35.5. The maximum Gasteiger partial charge on any atom is 0.0368 e.